The second-order valence-corrected chi connectivity index (χ2v) is 6.01. The topological polar surface area (TPSA) is 76.1 Å². The first-order chi connectivity index (χ1) is 13.2. The Kier molecular flexibility index (Phi) is 5.99. The number of hydrogen-bond donors (Lipinski definition) is 2. The van der Waals surface area contributed by atoms with Crippen molar-refractivity contribution in [2.75, 3.05) is 17.2 Å². The molecule has 3 aromatic rings. The Morgan fingerprint density at radius 3 is 2.52 bits per heavy atom. The minimum Gasteiger partial charge on any atom is -0.492 e. The van der Waals surface area contributed by atoms with Crippen LogP contribution in [0.4, 0.5) is 11.5 Å². The van der Waals surface area contributed by atoms with E-state index >= 15 is 0 Å². The number of para-hydroxylation sites is 2. The third-order valence-electron chi connectivity index (χ3n) is 3.91. The molecule has 3 rings (SSSR count). The van der Waals surface area contributed by atoms with E-state index in [4.69, 9.17) is 4.74 Å². The molecule has 0 aliphatic rings. The summed E-state index contributed by atoms with van der Waals surface area (Å²) in [6.07, 6.45) is 3.01. The second-order valence-electron chi connectivity index (χ2n) is 6.01. The van der Waals surface area contributed by atoms with E-state index in [9.17, 15) is 4.79 Å². The number of anilines is 2. The summed E-state index contributed by atoms with van der Waals surface area (Å²) in [5.41, 5.74) is 3.21. The van der Waals surface area contributed by atoms with E-state index in [1.165, 1.54) is 11.8 Å². The van der Waals surface area contributed by atoms with Crippen LogP contribution in [0.3, 0.4) is 0 Å². The molecule has 0 radical (unpaired) electrons. The Balaban J connectivity index is 1.61. The number of ether oxygens (including phenoxy) is 1. The van der Waals surface area contributed by atoms with Gasteiger partial charge in [-0.2, -0.15) is 0 Å². The van der Waals surface area contributed by atoms with Gasteiger partial charge in [-0.1, -0.05) is 42.0 Å². The van der Waals surface area contributed by atoms with Crippen molar-refractivity contribution in [1.29, 1.82) is 0 Å². The lowest BCUT2D eigenvalue weighted by molar-refractivity contribution is 0.102. The maximum absolute atomic E-state index is 12.4. The first-order valence-electron chi connectivity index (χ1n) is 8.80. The van der Waals surface area contributed by atoms with Gasteiger partial charge in [-0.15, -0.1) is 0 Å². The van der Waals surface area contributed by atoms with Gasteiger partial charge in [0.05, 0.1) is 24.7 Å². The summed E-state index contributed by atoms with van der Waals surface area (Å²) in [4.78, 5) is 20.9. The average Bonchev–Trinajstić information content (AvgIpc) is 2.69. The highest BCUT2D eigenvalue weighted by Gasteiger charge is 2.11. The van der Waals surface area contributed by atoms with Crippen LogP contribution in [-0.2, 0) is 6.54 Å². The molecule has 138 valence electrons. The molecule has 0 aliphatic carbocycles. The van der Waals surface area contributed by atoms with Crippen LogP contribution in [0.2, 0.25) is 0 Å². The Morgan fingerprint density at radius 2 is 1.81 bits per heavy atom. The van der Waals surface area contributed by atoms with Crippen LogP contribution < -0.4 is 15.4 Å². The van der Waals surface area contributed by atoms with Gasteiger partial charge in [-0.05, 0) is 31.5 Å². The lowest BCUT2D eigenvalue weighted by atomic mass is 10.1. The maximum Gasteiger partial charge on any atom is 0.275 e. The van der Waals surface area contributed by atoms with Gasteiger partial charge in [0.15, 0.2) is 0 Å². The lowest BCUT2D eigenvalue weighted by Crippen LogP contribution is -2.15. The fourth-order valence-corrected chi connectivity index (χ4v) is 2.47. The van der Waals surface area contributed by atoms with E-state index in [1.807, 2.05) is 25.1 Å². The molecule has 0 spiro atoms. The molecule has 1 aromatic heterocycles. The Hall–Kier alpha value is -3.41. The molecule has 1 amide bonds. The summed E-state index contributed by atoms with van der Waals surface area (Å²) >= 11 is 0. The number of amides is 1. The fourth-order valence-electron chi connectivity index (χ4n) is 2.47. The van der Waals surface area contributed by atoms with Gasteiger partial charge in [0.1, 0.15) is 17.3 Å². The average molecular weight is 362 g/mol. The molecule has 6 nitrogen and oxygen atoms in total. The van der Waals surface area contributed by atoms with Gasteiger partial charge in [0.2, 0.25) is 0 Å². The molecule has 0 aliphatic heterocycles. The molecule has 0 bridgehead atoms. The second kappa shape index (κ2) is 8.80. The van der Waals surface area contributed by atoms with Gasteiger partial charge in [0.25, 0.3) is 5.91 Å². The third kappa shape index (κ3) is 5.04. The molecule has 0 unspecified atom stereocenters. The Bertz CT molecular complexity index is 893. The van der Waals surface area contributed by atoms with Gasteiger partial charge >= 0.3 is 0 Å². The lowest BCUT2D eigenvalue weighted by Gasteiger charge is -2.11. The van der Waals surface area contributed by atoms with Crippen LogP contribution in [-0.4, -0.2) is 22.5 Å². The molecular formula is C21H22N4O2. The SMILES string of the molecule is CCOc1ccccc1NC(=O)c1cnc(NCc2ccc(C)cc2)cn1. The third-order valence-corrected chi connectivity index (χ3v) is 3.91. The monoisotopic (exact) mass is 362 g/mol. The van der Waals surface area contributed by atoms with Crippen LogP contribution in [0.1, 0.15) is 28.5 Å². The fraction of sp³-hybridized carbons (Fsp3) is 0.190. The maximum atomic E-state index is 12.4. The number of carbonyl (C=O) groups is 1. The highest BCUT2D eigenvalue weighted by Crippen LogP contribution is 2.24. The molecular weight excluding hydrogens is 340 g/mol. The highest BCUT2D eigenvalue weighted by molar-refractivity contribution is 6.03. The number of aryl methyl sites for hydroxylation is 1. The predicted octanol–water partition coefficient (Wildman–Crippen LogP) is 4.05. The summed E-state index contributed by atoms with van der Waals surface area (Å²) in [6.45, 7) is 5.11. The van der Waals surface area contributed by atoms with Crippen LogP contribution in [0.15, 0.2) is 60.9 Å². The number of carbonyl (C=O) groups excluding carboxylic acids is 1. The first-order valence-corrected chi connectivity index (χ1v) is 8.80. The van der Waals surface area contributed by atoms with Crippen molar-refractivity contribution in [3.8, 4) is 5.75 Å². The molecule has 6 heteroatoms. The van der Waals surface area contributed by atoms with Gasteiger partial charge in [0, 0.05) is 6.54 Å². The van der Waals surface area contributed by atoms with E-state index in [-0.39, 0.29) is 11.6 Å². The summed E-state index contributed by atoms with van der Waals surface area (Å²) in [6, 6.07) is 15.5. The first kappa shape index (κ1) is 18.4. The number of benzene rings is 2. The van der Waals surface area contributed by atoms with Crippen molar-refractivity contribution in [3.05, 3.63) is 77.7 Å². The van der Waals surface area contributed by atoms with Crippen molar-refractivity contribution in [3.63, 3.8) is 0 Å². The molecule has 0 saturated heterocycles. The standard InChI is InChI=1S/C21H22N4O2/c1-3-27-19-7-5-4-6-17(19)25-21(26)18-13-24-20(14-22-18)23-12-16-10-8-15(2)9-11-16/h4-11,13-14H,3,12H2,1-2H3,(H,23,24)(H,25,26). The normalized spacial score (nSPS) is 10.3. The number of rotatable bonds is 7. The zero-order chi connectivity index (χ0) is 19.1. The summed E-state index contributed by atoms with van der Waals surface area (Å²) in [7, 11) is 0. The van der Waals surface area contributed by atoms with E-state index in [2.05, 4.69) is 51.8 Å². The van der Waals surface area contributed by atoms with Crippen molar-refractivity contribution >= 4 is 17.4 Å². The molecule has 27 heavy (non-hydrogen) atoms. The number of aromatic nitrogens is 2. The smallest absolute Gasteiger partial charge is 0.275 e. The molecule has 2 N–H and O–H groups in total. The zero-order valence-electron chi connectivity index (χ0n) is 15.4. The van der Waals surface area contributed by atoms with Gasteiger partial charge < -0.3 is 15.4 Å². The van der Waals surface area contributed by atoms with E-state index < -0.39 is 0 Å². The number of hydrogen-bond acceptors (Lipinski definition) is 5. The quantitative estimate of drug-likeness (QED) is 0.663. The molecule has 1 heterocycles. The minimum atomic E-state index is -0.334. The zero-order valence-corrected chi connectivity index (χ0v) is 15.4. The molecule has 0 saturated carbocycles. The largest absolute Gasteiger partial charge is 0.492 e. The van der Waals surface area contributed by atoms with Crippen LogP contribution in [0.5, 0.6) is 5.75 Å². The van der Waals surface area contributed by atoms with E-state index in [1.54, 1.807) is 12.3 Å². The van der Waals surface area contributed by atoms with Crippen LogP contribution >= 0.6 is 0 Å². The minimum absolute atomic E-state index is 0.238. The van der Waals surface area contributed by atoms with Crippen LogP contribution in [0, 0.1) is 6.92 Å². The van der Waals surface area contributed by atoms with Crippen molar-refractivity contribution < 1.29 is 9.53 Å². The van der Waals surface area contributed by atoms with E-state index in [0.717, 1.165) is 5.56 Å². The van der Waals surface area contributed by atoms with Crippen molar-refractivity contribution in [1.82, 2.24) is 9.97 Å². The van der Waals surface area contributed by atoms with Crippen LogP contribution in [0.25, 0.3) is 0 Å². The van der Waals surface area contributed by atoms with Gasteiger partial charge in [-0.3, -0.25) is 4.79 Å². The Labute approximate surface area is 158 Å². The van der Waals surface area contributed by atoms with Crippen molar-refractivity contribution in [2.45, 2.75) is 20.4 Å². The van der Waals surface area contributed by atoms with Gasteiger partial charge in [-0.25, -0.2) is 9.97 Å². The summed E-state index contributed by atoms with van der Waals surface area (Å²) < 4.78 is 5.51. The number of nitrogens with one attached hydrogen (secondary N) is 2. The summed E-state index contributed by atoms with van der Waals surface area (Å²) in [5.74, 6) is 0.902. The summed E-state index contributed by atoms with van der Waals surface area (Å²) in [5, 5.41) is 6.00. The van der Waals surface area contributed by atoms with E-state index in [0.29, 0.717) is 30.4 Å². The number of nitrogens with zero attached hydrogens (tertiary/aromatic N) is 2. The Morgan fingerprint density at radius 1 is 1.04 bits per heavy atom. The highest BCUT2D eigenvalue weighted by atomic mass is 16.5. The molecule has 2 aromatic carbocycles. The molecule has 0 fully saturated rings. The van der Waals surface area contributed by atoms with Crippen molar-refractivity contribution in [2.24, 2.45) is 0 Å². The molecule has 0 atom stereocenters. The predicted molar refractivity (Wildman–Crippen MR) is 106 cm³/mol.